The topological polar surface area (TPSA) is 90.2 Å². The standard InChI is InChI=1S/C8H10N2O3/c9-5-3-8(13)6(4-7(5)12)10-1-2-11/h4,9-11H,1-3H2. The number of rotatable bonds is 3. The minimum absolute atomic E-state index is 0.101. The number of carbonyl (C=O) groups is 2. The molecule has 70 valence electrons. The minimum atomic E-state index is -0.444. The van der Waals surface area contributed by atoms with Gasteiger partial charge >= 0.3 is 0 Å². The van der Waals surface area contributed by atoms with E-state index in [0.29, 0.717) is 0 Å². The van der Waals surface area contributed by atoms with E-state index < -0.39 is 5.78 Å². The van der Waals surface area contributed by atoms with E-state index >= 15 is 0 Å². The Labute approximate surface area is 75.0 Å². The molecule has 13 heavy (non-hydrogen) atoms. The van der Waals surface area contributed by atoms with Gasteiger partial charge in [-0.15, -0.1) is 0 Å². The van der Waals surface area contributed by atoms with Gasteiger partial charge in [-0.2, -0.15) is 0 Å². The highest BCUT2D eigenvalue weighted by molar-refractivity contribution is 6.49. The maximum absolute atomic E-state index is 11.2. The van der Waals surface area contributed by atoms with E-state index in [0.717, 1.165) is 6.08 Å². The second-order valence-corrected chi connectivity index (χ2v) is 2.65. The molecule has 5 heteroatoms. The fourth-order valence-electron chi connectivity index (χ4n) is 0.982. The maximum Gasteiger partial charge on any atom is 0.201 e. The third-order valence-corrected chi connectivity index (χ3v) is 1.64. The number of hydrogen-bond donors (Lipinski definition) is 3. The molecule has 0 spiro atoms. The van der Waals surface area contributed by atoms with Crippen LogP contribution in [-0.2, 0) is 9.59 Å². The van der Waals surface area contributed by atoms with Crippen LogP contribution >= 0.6 is 0 Å². The van der Waals surface area contributed by atoms with Crippen LogP contribution in [0.2, 0.25) is 0 Å². The van der Waals surface area contributed by atoms with Crippen molar-refractivity contribution in [3.05, 3.63) is 11.8 Å². The number of hydrogen-bond acceptors (Lipinski definition) is 5. The summed E-state index contributed by atoms with van der Waals surface area (Å²) in [6.07, 6.45) is 0.951. The molecule has 0 bridgehead atoms. The van der Waals surface area contributed by atoms with Crippen molar-refractivity contribution in [3.63, 3.8) is 0 Å². The van der Waals surface area contributed by atoms with Crippen molar-refractivity contribution in [3.8, 4) is 0 Å². The van der Waals surface area contributed by atoms with E-state index in [2.05, 4.69) is 5.32 Å². The highest BCUT2D eigenvalue weighted by Gasteiger charge is 2.22. The van der Waals surface area contributed by atoms with Crippen LogP contribution in [0, 0.1) is 5.41 Å². The molecule has 0 aromatic carbocycles. The van der Waals surface area contributed by atoms with Gasteiger partial charge in [0.15, 0.2) is 5.78 Å². The summed E-state index contributed by atoms with van der Waals surface area (Å²) >= 11 is 0. The summed E-state index contributed by atoms with van der Waals surface area (Å²) in [6, 6.07) is 0. The van der Waals surface area contributed by atoms with Crippen LogP contribution in [0.5, 0.6) is 0 Å². The van der Waals surface area contributed by atoms with Crippen molar-refractivity contribution in [1.29, 1.82) is 5.41 Å². The average molecular weight is 182 g/mol. The Morgan fingerprint density at radius 1 is 1.54 bits per heavy atom. The molecular weight excluding hydrogens is 172 g/mol. The monoisotopic (exact) mass is 182 g/mol. The molecule has 0 radical (unpaired) electrons. The van der Waals surface area contributed by atoms with Crippen molar-refractivity contribution < 1.29 is 14.7 Å². The van der Waals surface area contributed by atoms with Crippen LogP contribution in [-0.4, -0.2) is 35.5 Å². The van der Waals surface area contributed by atoms with Gasteiger partial charge in [0, 0.05) is 12.6 Å². The van der Waals surface area contributed by atoms with E-state index in [-0.39, 0.29) is 36.8 Å². The zero-order valence-corrected chi connectivity index (χ0v) is 6.96. The second-order valence-electron chi connectivity index (χ2n) is 2.65. The van der Waals surface area contributed by atoms with E-state index in [9.17, 15) is 9.59 Å². The lowest BCUT2D eigenvalue weighted by Gasteiger charge is -2.12. The quantitative estimate of drug-likeness (QED) is 0.523. The Bertz CT molecular complexity index is 294. The first-order chi connectivity index (χ1) is 6.15. The number of carbonyl (C=O) groups excluding carboxylic acids is 2. The summed E-state index contributed by atoms with van der Waals surface area (Å²) in [4.78, 5) is 22.1. The molecule has 0 saturated heterocycles. The van der Waals surface area contributed by atoms with E-state index in [1.54, 1.807) is 0 Å². The fourth-order valence-corrected chi connectivity index (χ4v) is 0.982. The lowest BCUT2D eigenvalue weighted by molar-refractivity contribution is -0.117. The maximum atomic E-state index is 11.2. The summed E-state index contributed by atoms with van der Waals surface area (Å²) < 4.78 is 0. The SMILES string of the molecule is N=C1CC(=O)C(NCCO)=CC1=O. The van der Waals surface area contributed by atoms with Gasteiger partial charge in [0.2, 0.25) is 5.78 Å². The molecule has 5 nitrogen and oxygen atoms in total. The van der Waals surface area contributed by atoms with E-state index in [4.69, 9.17) is 10.5 Å². The van der Waals surface area contributed by atoms with Crippen molar-refractivity contribution in [2.75, 3.05) is 13.2 Å². The molecule has 0 aliphatic heterocycles. The lowest BCUT2D eigenvalue weighted by Crippen LogP contribution is -2.31. The summed E-state index contributed by atoms with van der Waals surface area (Å²) in [6.45, 7) is 0.133. The summed E-state index contributed by atoms with van der Waals surface area (Å²) in [5, 5.41) is 18.2. The van der Waals surface area contributed by atoms with Crippen LogP contribution in [0.3, 0.4) is 0 Å². The fraction of sp³-hybridized carbons (Fsp3) is 0.375. The molecule has 1 aliphatic carbocycles. The number of allylic oxidation sites excluding steroid dienone is 2. The number of nitrogens with one attached hydrogen (secondary N) is 2. The van der Waals surface area contributed by atoms with Gasteiger partial charge in [0.05, 0.1) is 24.4 Å². The molecule has 0 aromatic heterocycles. The van der Waals surface area contributed by atoms with Crippen LogP contribution in [0.25, 0.3) is 0 Å². The molecule has 0 atom stereocenters. The van der Waals surface area contributed by atoms with E-state index in [1.807, 2.05) is 0 Å². The second kappa shape index (κ2) is 3.95. The molecule has 0 unspecified atom stereocenters. The van der Waals surface area contributed by atoms with Gasteiger partial charge < -0.3 is 15.8 Å². The van der Waals surface area contributed by atoms with Crippen LogP contribution in [0.4, 0.5) is 0 Å². The smallest absolute Gasteiger partial charge is 0.201 e. The number of aliphatic hydroxyl groups excluding tert-OH is 1. The zero-order chi connectivity index (χ0) is 9.84. The summed E-state index contributed by atoms with van der Waals surface area (Å²) in [5.74, 6) is -0.724. The van der Waals surface area contributed by atoms with Crippen LogP contribution in [0.1, 0.15) is 6.42 Å². The van der Waals surface area contributed by atoms with Crippen molar-refractivity contribution in [2.24, 2.45) is 0 Å². The van der Waals surface area contributed by atoms with Gasteiger partial charge in [-0.3, -0.25) is 9.59 Å². The molecule has 0 fully saturated rings. The molecule has 0 saturated carbocycles. The van der Waals surface area contributed by atoms with Gasteiger partial charge in [-0.05, 0) is 0 Å². The predicted octanol–water partition coefficient (Wildman–Crippen LogP) is -0.986. The zero-order valence-electron chi connectivity index (χ0n) is 6.96. The molecule has 1 rings (SSSR count). The summed E-state index contributed by atoms with van der Waals surface area (Å²) in [5.41, 5.74) is 0.00889. The van der Waals surface area contributed by atoms with Gasteiger partial charge in [-0.1, -0.05) is 0 Å². The van der Waals surface area contributed by atoms with Crippen LogP contribution < -0.4 is 5.32 Å². The van der Waals surface area contributed by atoms with E-state index in [1.165, 1.54) is 0 Å². The third kappa shape index (κ3) is 2.22. The first kappa shape index (κ1) is 9.60. The van der Waals surface area contributed by atoms with Crippen LogP contribution in [0.15, 0.2) is 11.8 Å². The lowest BCUT2D eigenvalue weighted by atomic mass is 10.0. The van der Waals surface area contributed by atoms with Crippen molar-refractivity contribution >= 4 is 17.3 Å². The largest absolute Gasteiger partial charge is 0.395 e. The highest BCUT2D eigenvalue weighted by Crippen LogP contribution is 2.05. The Morgan fingerprint density at radius 2 is 2.23 bits per heavy atom. The third-order valence-electron chi connectivity index (χ3n) is 1.64. The minimum Gasteiger partial charge on any atom is -0.395 e. The molecule has 3 N–H and O–H groups in total. The number of ketones is 2. The summed E-state index contributed by atoms with van der Waals surface area (Å²) in [7, 11) is 0. The Morgan fingerprint density at radius 3 is 2.85 bits per heavy atom. The number of aliphatic hydroxyl groups is 1. The van der Waals surface area contributed by atoms with Gasteiger partial charge in [0.1, 0.15) is 0 Å². The normalized spacial score (nSPS) is 17.3. The Balaban J connectivity index is 2.72. The number of Topliss-reactive ketones (excluding diaryl/α,β-unsaturated/α-hetero) is 1. The van der Waals surface area contributed by atoms with Crippen molar-refractivity contribution in [1.82, 2.24) is 5.32 Å². The molecule has 0 aromatic rings. The molecule has 0 amide bonds. The average Bonchev–Trinajstić information content (AvgIpc) is 2.09. The van der Waals surface area contributed by atoms with Gasteiger partial charge in [0.25, 0.3) is 0 Å². The first-order valence-corrected chi connectivity index (χ1v) is 3.86. The molecule has 0 heterocycles. The first-order valence-electron chi connectivity index (χ1n) is 3.86. The van der Waals surface area contributed by atoms with Gasteiger partial charge in [-0.25, -0.2) is 0 Å². The Hall–Kier alpha value is -1.49. The van der Waals surface area contributed by atoms with Crippen molar-refractivity contribution in [2.45, 2.75) is 6.42 Å². The Kier molecular flexibility index (Phi) is 2.92. The predicted molar refractivity (Wildman–Crippen MR) is 45.5 cm³/mol. The highest BCUT2D eigenvalue weighted by atomic mass is 16.3. The molecule has 1 aliphatic rings. The molecular formula is C8H10N2O3.